The van der Waals surface area contributed by atoms with Crippen LogP contribution in [0.2, 0.25) is 0 Å². The summed E-state index contributed by atoms with van der Waals surface area (Å²) in [5, 5.41) is 10.7. The molecular formula is C21H24N6O2. The lowest BCUT2D eigenvalue weighted by molar-refractivity contribution is -0.145. The van der Waals surface area contributed by atoms with Crippen molar-refractivity contribution in [3.05, 3.63) is 47.8 Å². The van der Waals surface area contributed by atoms with Crippen molar-refractivity contribution in [1.29, 1.82) is 0 Å². The minimum atomic E-state index is -0.662. The minimum absolute atomic E-state index is 0.154. The predicted octanol–water partition coefficient (Wildman–Crippen LogP) is 2.79. The van der Waals surface area contributed by atoms with Gasteiger partial charge in [0.2, 0.25) is 0 Å². The molecule has 150 valence electrons. The van der Waals surface area contributed by atoms with Gasteiger partial charge in [-0.15, -0.1) is 0 Å². The Kier molecular flexibility index (Phi) is 5.16. The van der Waals surface area contributed by atoms with Crippen LogP contribution in [-0.4, -0.2) is 38.4 Å². The van der Waals surface area contributed by atoms with Crippen LogP contribution >= 0.6 is 0 Å². The number of likely N-dealkylation sites (tertiary alicyclic amines) is 1. The van der Waals surface area contributed by atoms with E-state index in [4.69, 9.17) is 5.73 Å². The molecule has 8 heteroatoms. The number of aryl methyl sites for hydroxylation is 1. The van der Waals surface area contributed by atoms with Crippen molar-refractivity contribution < 1.29 is 9.59 Å². The van der Waals surface area contributed by atoms with Crippen LogP contribution in [0.4, 0.5) is 11.5 Å². The van der Waals surface area contributed by atoms with E-state index in [-0.39, 0.29) is 6.04 Å². The number of anilines is 2. The highest BCUT2D eigenvalue weighted by atomic mass is 16.2. The molecule has 3 aromatic rings. The van der Waals surface area contributed by atoms with E-state index < -0.39 is 11.8 Å². The van der Waals surface area contributed by atoms with Crippen LogP contribution in [0, 0.1) is 0 Å². The van der Waals surface area contributed by atoms with Crippen molar-refractivity contribution in [3.8, 4) is 0 Å². The summed E-state index contributed by atoms with van der Waals surface area (Å²) in [6.07, 6.45) is 6.63. The van der Waals surface area contributed by atoms with E-state index >= 15 is 0 Å². The summed E-state index contributed by atoms with van der Waals surface area (Å²) >= 11 is 0. The summed E-state index contributed by atoms with van der Waals surface area (Å²) in [6, 6.07) is 7.50. The molecule has 4 rings (SSSR count). The van der Waals surface area contributed by atoms with Crippen LogP contribution in [0.25, 0.3) is 10.9 Å². The number of hydrogen-bond acceptors (Lipinski definition) is 5. The second kappa shape index (κ2) is 7.90. The van der Waals surface area contributed by atoms with Gasteiger partial charge in [-0.05, 0) is 48.9 Å². The van der Waals surface area contributed by atoms with Crippen LogP contribution in [0.15, 0.2) is 36.7 Å². The fraction of sp³-hybridized carbons (Fsp3) is 0.333. The van der Waals surface area contributed by atoms with E-state index in [0.717, 1.165) is 41.3 Å². The van der Waals surface area contributed by atoms with Crippen molar-refractivity contribution >= 4 is 34.2 Å². The SMILES string of the molecule is CCc1cc(NC(=O)C(=O)N2CCCC[C@H]2c2cccc3[nH]ncc23)cnc1N. The lowest BCUT2D eigenvalue weighted by Crippen LogP contribution is -2.44. The van der Waals surface area contributed by atoms with Crippen LogP contribution in [0.3, 0.4) is 0 Å². The molecule has 1 aromatic carbocycles. The molecule has 2 aromatic heterocycles. The van der Waals surface area contributed by atoms with Gasteiger partial charge in [0.1, 0.15) is 5.82 Å². The Balaban J connectivity index is 1.57. The fourth-order valence-corrected chi connectivity index (χ4v) is 3.97. The molecule has 0 bridgehead atoms. The summed E-state index contributed by atoms with van der Waals surface area (Å²) in [5.74, 6) is -0.768. The molecule has 8 nitrogen and oxygen atoms in total. The van der Waals surface area contributed by atoms with Crippen LogP contribution in [-0.2, 0) is 16.0 Å². The molecule has 0 radical (unpaired) electrons. The van der Waals surface area contributed by atoms with Gasteiger partial charge in [0.15, 0.2) is 0 Å². The Morgan fingerprint density at radius 3 is 3.00 bits per heavy atom. The number of aromatic amines is 1. The number of nitrogens with zero attached hydrogens (tertiary/aromatic N) is 3. The number of benzene rings is 1. The number of H-pyrrole nitrogens is 1. The van der Waals surface area contributed by atoms with E-state index in [2.05, 4.69) is 20.5 Å². The maximum atomic E-state index is 13.0. The smallest absolute Gasteiger partial charge is 0.313 e. The summed E-state index contributed by atoms with van der Waals surface area (Å²) in [5.41, 5.74) is 9.06. The number of carbonyl (C=O) groups is 2. The van der Waals surface area contributed by atoms with Gasteiger partial charge < -0.3 is 16.0 Å². The monoisotopic (exact) mass is 392 g/mol. The number of pyridine rings is 1. The van der Waals surface area contributed by atoms with Gasteiger partial charge >= 0.3 is 11.8 Å². The Labute approximate surface area is 168 Å². The normalized spacial score (nSPS) is 16.7. The molecule has 1 atom stereocenters. The molecule has 1 aliphatic heterocycles. The highest BCUT2D eigenvalue weighted by Crippen LogP contribution is 2.34. The molecule has 29 heavy (non-hydrogen) atoms. The molecule has 1 fully saturated rings. The van der Waals surface area contributed by atoms with Gasteiger partial charge in [-0.2, -0.15) is 5.10 Å². The van der Waals surface area contributed by atoms with E-state index in [9.17, 15) is 9.59 Å². The average molecular weight is 392 g/mol. The number of piperidine rings is 1. The van der Waals surface area contributed by atoms with E-state index in [1.165, 1.54) is 6.20 Å². The van der Waals surface area contributed by atoms with Crippen molar-refractivity contribution in [1.82, 2.24) is 20.1 Å². The van der Waals surface area contributed by atoms with Gasteiger partial charge in [-0.3, -0.25) is 14.7 Å². The van der Waals surface area contributed by atoms with E-state index in [1.807, 2.05) is 25.1 Å². The fourth-order valence-electron chi connectivity index (χ4n) is 3.97. The second-order valence-electron chi connectivity index (χ2n) is 7.26. The number of nitrogens with one attached hydrogen (secondary N) is 2. The average Bonchev–Trinajstić information content (AvgIpc) is 3.23. The number of rotatable bonds is 3. The number of fused-ring (bicyclic) bond motifs is 1. The van der Waals surface area contributed by atoms with Crippen LogP contribution in [0.5, 0.6) is 0 Å². The Hall–Kier alpha value is -3.42. The van der Waals surface area contributed by atoms with Crippen molar-refractivity contribution in [2.75, 3.05) is 17.6 Å². The summed E-state index contributed by atoms with van der Waals surface area (Å²) in [6.45, 7) is 2.50. The first-order valence-corrected chi connectivity index (χ1v) is 9.86. The molecule has 3 heterocycles. The summed E-state index contributed by atoms with van der Waals surface area (Å²) in [4.78, 5) is 31.5. The maximum Gasteiger partial charge on any atom is 0.313 e. The third-order valence-corrected chi connectivity index (χ3v) is 5.48. The lowest BCUT2D eigenvalue weighted by atomic mass is 9.93. The van der Waals surface area contributed by atoms with Gasteiger partial charge in [-0.25, -0.2) is 4.98 Å². The summed E-state index contributed by atoms with van der Waals surface area (Å²) < 4.78 is 0. The van der Waals surface area contributed by atoms with Gasteiger partial charge in [0.25, 0.3) is 0 Å². The van der Waals surface area contributed by atoms with E-state index in [1.54, 1.807) is 17.2 Å². The first kappa shape index (κ1) is 18.9. The van der Waals surface area contributed by atoms with Crippen molar-refractivity contribution in [2.24, 2.45) is 0 Å². The standard InChI is InChI=1S/C21H24N6O2/c1-2-13-10-14(11-23-19(13)22)25-20(28)21(29)27-9-4-3-8-18(27)15-6-5-7-17-16(15)12-24-26-17/h5-7,10-12,18H,2-4,8-9H2,1H3,(H2,22,23)(H,24,26)(H,25,28)/t18-/m0/s1. The largest absolute Gasteiger partial charge is 0.383 e. The number of aromatic nitrogens is 3. The molecule has 1 aliphatic rings. The summed E-state index contributed by atoms with van der Waals surface area (Å²) in [7, 11) is 0. The number of amides is 2. The third kappa shape index (κ3) is 3.65. The zero-order chi connectivity index (χ0) is 20.4. The molecule has 4 N–H and O–H groups in total. The molecule has 2 amide bonds. The minimum Gasteiger partial charge on any atom is -0.383 e. The van der Waals surface area contributed by atoms with Gasteiger partial charge in [0, 0.05) is 11.9 Å². The zero-order valence-electron chi connectivity index (χ0n) is 16.3. The van der Waals surface area contributed by atoms with Crippen molar-refractivity contribution in [3.63, 3.8) is 0 Å². The number of nitrogens with two attached hydrogens (primary N) is 1. The Morgan fingerprint density at radius 2 is 2.17 bits per heavy atom. The molecule has 0 aliphatic carbocycles. The predicted molar refractivity (Wildman–Crippen MR) is 111 cm³/mol. The molecular weight excluding hydrogens is 368 g/mol. The Bertz CT molecular complexity index is 1060. The second-order valence-corrected chi connectivity index (χ2v) is 7.26. The van der Waals surface area contributed by atoms with Gasteiger partial charge in [-0.1, -0.05) is 19.1 Å². The molecule has 0 spiro atoms. The number of nitrogen functional groups attached to an aromatic ring is 1. The highest BCUT2D eigenvalue weighted by Gasteiger charge is 2.32. The number of carbonyl (C=O) groups excluding carboxylic acids is 2. The molecule has 0 unspecified atom stereocenters. The van der Waals surface area contributed by atoms with Gasteiger partial charge in [0.05, 0.1) is 29.6 Å². The zero-order valence-corrected chi connectivity index (χ0v) is 16.3. The lowest BCUT2D eigenvalue weighted by Gasteiger charge is -2.35. The van der Waals surface area contributed by atoms with Crippen LogP contribution in [0.1, 0.15) is 43.4 Å². The Morgan fingerprint density at radius 1 is 1.31 bits per heavy atom. The molecule has 1 saturated heterocycles. The maximum absolute atomic E-state index is 13.0. The van der Waals surface area contributed by atoms with E-state index in [0.29, 0.717) is 24.5 Å². The first-order valence-electron chi connectivity index (χ1n) is 9.86. The third-order valence-electron chi connectivity index (χ3n) is 5.48. The van der Waals surface area contributed by atoms with Crippen LogP contribution < -0.4 is 11.1 Å². The first-order chi connectivity index (χ1) is 14.1. The quantitative estimate of drug-likeness (QED) is 0.593. The molecule has 0 saturated carbocycles. The number of hydrogen-bond donors (Lipinski definition) is 3. The topological polar surface area (TPSA) is 117 Å². The van der Waals surface area contributed by atoms with Crippen molar-refractivity contribution in [2.45, 2.75) is 38.6 Å². The highest BCUT2D eigenvalue weighted by molar-refractivity contribution is 6.39.